The van der Waals surface area contributed by atoms with E-state index < -0.39 is 0 Å². The van der Waals surface area contributed by atoms with E-state index in [-0.39, 0.29) is 43.5 Å². The molecular weight excluding hydrogens is 236 g/mol. The maximum atomic E-state index is 11.5. The number of likely N-dealkylation sites (tertiary alicyclic amines) is 1. The molecule has 6 nitrogen and oxygen atoms in total. The molecule has 3 amide bonds. The zero-order valence-corrected chi connectivity index (χ0v) is 10.7. The van der Waals surface area contributed by atoms with Crippen molar-refractivity contribution in [2.24, 2.45) is 0 Å². The van der Waals surface area contributed by atoms with E-state index in [4.69, 9.17) is 4.74 Å². The van der Waals surface area contributed by atoms with E-state index in [2.05, 4.69) is 5.32 Å². The van der Waals surface area contributed by atoms with E-state index in [9.17, 15) is 14.4 Å². The predicted molar refractivity (Wildman–Crippen MR) is 64.7 cm³/mol. The van der Waals surface area contributed by atoms with Crippen molar-refractivity contribution >= 4 is 17.7 Å². The number of carbonyl (C=O) groups excluding carboxylic acids is 3. The lowest BCUT2D eigenvalue weighted by Gasteiger charge is -2.13. The third kappa shape index (κ3) is 4.83. The van der Waals surface area contributed by atoms with Crippen LogP contribution in [-0.4, -0.2) is 49.4 Å². The maximum Gasteiger partial charge on any atom is 0.229 e. The van der Waals surface area contributed by atoms with Gasteiger partial charge in [0, 0.05) is 46.1 Å². The van der Waals surface area contributed by atoms with Crippen molar-refractivity contribution in [2.45, 2.75) is 32.1 Å². The average Bonchev–Trinajstić information content (AvgIpc) is 2.66. The highest BCUT2D eigenvalue weighted by Gasteiger charge is 2.28. The molecule has 0 atom stereocenters. The first-order chi connectivity index (χ1) is 8.65. The molecule has 0 aromatic heterocycles. The lowest BCUT2D eigenvalue weighted by atomic mass is 10.3. The normalized spacial score (nSPS) is 15.3. The standard InChI is InChI=1S/C12H20N2O4/c1-18-9-3-2-7-13-10(15)6-8-14-11(16)4-5-12(14)17/h2-9H2,1H3,(H,13,15). The first kappa shape index (κ1) is 14.6. The van der Waals surface area contributed by atoms with Gasteiger partial charge in [0.25, 0.3) is 0 Å². The van der Waals surface area contributed by atoms with E-state index in [1.807, 2.05) is 0 Å². The smallest absolute Gasteiger partial charge is 0.229 e. The molecule has 102 valence electrons. The average molecular weight is 256 g/mol. The Labute approximate surface area is 107 Å². The minimum Gasteiger partial charge on any atom is -0.385 e. The quantitative estimate of drug-likeness (QED) is 0.492. The number of rotatable bonds is 8. The van der Waals surface area contributed by atoms with Crippen LogP contribution in [0.25, 0.3) is 0 Å². The fourth-order valence-electron chi connectivity index (χ4n) is 1.77. The van der Waals surface area contributed by atoms with Crippen molar-refractivity contribution < 1.29 is 19.1 Å². The second-order valence-electron chi connectivity index (χ2n) is 4.24. The lowest BCUT2D eigenvalue weighted by molar-refractivity contribution is -0.138. The van der Waals surface area contributed by atoms with Crippen LogP contribution in [0.3, 0.4) is 0 Å². The molecule has 1 fully saturated rings. The van der Waals surface area contributed by atoms with Crippen LogP contribution in [0, 0.1) is 0 Å². The fraction of sp³-hybridized carbons (Fsp3) is 0.750. The van der Waals surface area contributed by atoms with Crippen LogP contribution >= 0.6 is 0 Å². The van der Waals surface area contributed by atoms with Crippen molar-refractivity contribution in [2.75, 3.05) is 26.8 Å². The van der Waals surface area contributed by atoms with Gasteiger partial charge in [0.2, 0.25) is 17.7 Å². The Hall–Kier alpha value is -1.43. The number of hydrogen-bond donors (Lipinski definition) is 1. The van der Waals surface area contributed by atoms with Gasteiger partial charge in [-0.15, -0.1) is 0 Å². The second kappa shape index (κ2) is 7.81. The van der Waals surface area contributed by atoms with Crippen molar-refractivity contribution in [1.29, 1.82) is 0 Å². The number of methoxy groups -OCH3 is 1. The number of nitrogens with one attached hydrogen (secondary N) is 1. The van der Waals surface area contributed by atoms with Crippen LogP contribution in [0.4, 0.5) is 0 Å². The molecule has 0 bridgehead atoms. The molecule has 0 spiro atoms. The highest BCUT2D eigenvalue weighted by molar-refractivity contribution is 6.02. The fourth-order valence-corrected chi connectivity index (χ4v) is 1.77. The first-order valence-corrected chi connectivity index (χ1v) is 6.24. The molecule has 1 saturated heterocycles. The summed E-state index contributed by atoms with van der Waals surface area (Å²) < 4.78 is 4.89. The molecule has 0 aromatic rings. The summed E-state index contributed by atoms with van der Waals surface area (Å²) in [4.78, 5) is 35.2. The first-order valence-electron chi connectivity index (χ1n) is 6.24. The van der Waals surface area contributed by atoms with Crippen LogP contribution in [0.5, 0.6) is 0 Å². The van der Waals surface area contributed by atoms with Gasteiger partial charge in [-0.05, 0) is 12.8 Å². The summed E-state index contributed by atoms with van der Waals surface area (Å²) in [5, 5.41) is 2.75. The van der Waals surface area contributed by atoms with Crippen molar-refractivity contribution in [3.8, 4) is 0 Å². The summed E-state index contributed by atoms with van der Waals surface area (Å²) in [5.41, 5.74) is 0. The molecule has 0 saturated carbocycles. The number of hydrogen-bond acceptors (Lipinski definition) is 4. The Bertz CT molecular complexity index is 301. The monoisotopic (exact) mass is 256 g/mol. The molecule has 1 aliphatic heterocycles. The van der Waals surface area contributed by atoms with Crippen LogP contribution in [0.15, 0.2) is 0 Å². The van der Waals surface area contributed by atoms with Crippen molar-refractivity contribution in [3.63, 3.8) is 0 Å². The van der Waals surface area contributed by atoms with Crippen LogP contribution in [0.2, 0.25) is 0 Å². The summed E-state index contributed by atoms with van der Waals surface area (Å²) in [6.45, 7) is 1.48. The minimum absolute atomic E-state index is 0.125. The molecule has 1 heterocycles. The zero-order valence-electron chi connectivity index (χ0n) is 10.7. The van der Waals surface area contributed by atoms with Gasteiger partial charge in [0.05, 0.1) is 0 Å². The Morgan fingerprint density at radius 1 is 1.28 bits per heavy atom. The lowest BCUT2D eigenvalue weighted by Crippen LogP contribution is -2.34. The summed E-state index contributed by atoms with van der Waals surface area (Å²) in [6.07, 6.45) is 2.50. The molecule has 0 unspecified atom stereocenters. The van der Waals surface area contributed by atoms with E-state index >= 15 is 0 Å². The topological polar surface area (TPSA) is 75.7 Å². The number of amides is 3. The minimum atomic E-state index is -0.173. The van der Waals surface area contributed by atoms with Crippen molar-refractivity contribution in [3.05, 3.63) is 0 Å². The maximum absolute atomic E-state index is 11.5. The molecule has 1 rings (SSSR count). The Morgan fingerprint density at radius 2 is 1.94 bits per heavy atom. The van der Waals surface area contributed by atoms with E-state index in [1.165, 1.54) is 4.90 Å². The van der Waals surface area contributed by atoms with Gasteiger partial charge in [-0.1, -0.05) is 0 Å². The van der Waals surface area contributed by atoms with E-state index in [1.54, 1.807) is 7.11 Å². The van der Waals surface area contributed by atoms with Gasteiger partial charge >= 0.3 is 0 Å². The second-order valence-corrected chi connectivity index (χ2v) is 4.24. The summed E-state index contributed by atoms with van der Waals surface area (Å²) in [7, 11) is 1.64. The van der Waals surface area contributed by atoms with E-state index in [0.29, 0.717) is 13.2 Å². The van der Waals surface area contributed by atoms with Crippen LogP contribution < -0.4 is 5.32 Å². The molecular formula is C12H20N2O4. The SMILES string of the molecule is COCCCCNC(=O)CCN1C(=O)CCC1=O. The number of nitrogens with zero attached hydrogens (tertiary/aromatic N) is 1. The highest BCUT2D eigenvalue weighted by Crippen LogP contribution is 2.11. The molecule has 1 N–H and O–H groups in total. The largest absolute Gasteiger partial charge is 0.385 e. The molecule has 0 aliphatic carbocycles. The van der Waals surface area contributed by atoms with Crippen molar-refractivity contribution in [1.82, 2.24) is 10.2 Å². The molecule has 0 aromatic carbocycles. The molecule has 1 aliphatic rings. The third-order valence-electron chi connectivity index (χ3n) is 2.81. The Morgan fingerprint density at radius 3 is 2.56 bits per heavy atom. The van der Waals surface area contributed by atoms with Crippen LogP contribution in [-0.2, 0) is 19.1 Å². The number of carbonyl (C=O) groups is 3. The van der Waals surface area contributed by atoms with Gasteiger partial charge < -0.3 is 10.1 Å². The predicted octanol–water partition coefficient (Wildman–Crippen LogP) is 0.0683. The summed E-state index contributed by atoms with van der Waals surface area (Å²) >= 11 is 0. The van der Waals surface area contributed by atoms with Gasteiger partial charge in [-0.2, -0.15) is 0 Å². The van der Waals surface area contributed by atoms with E-state index in [0.717, 1.165) is 12.8 Å². The Balaban J connectivity index is 2.09. The van der Waals surface area contributed by atoms with Gasteiger partial charge in [0.1, 0.15) is 0 Å². The summed E-state index contributed by atoms with van der Waals surface area (Å²) in [6, 6.07) is 0. The van der Waals surface area contributed by atoms with Gasteiger partial charge in [-0.3, -0.25) is 19.3 Å². The molecule has 6 heteroatoms. The molecule has 0 radical (unpaired) electrons. The number of unbranched alkanes of at least 4 members (excludes halogenated alkanes) is 1. The van der Waals surface area contributed by atoms with Gasteiger partial charge in [0.15, 0.2) is 0 Å². The highest BCUT2D eigenvalue weighted by atomic mass is 16.5. The van der Waals surface area contributed by atoms with Crippen LogP contribution in [0.1, 0.15) is 32.1 Å². The molecule has 18 heavy (non-hydrogen) atoms. The zero-order chi connectivity index (χ0) is 13.4. The number of ether oxygens (including phenoxy) is 1. The number of imide groups is 1. The summed E-state index contributed by atoms with van der Waals surface area (Å²) in [5.74, 6) is -0.472. The Kier molecular flexibility index (Phi) is 6.35. The third-order valence-corrected chi connectivity index (χ3v) is 2.81. The van der Waals surface area contributed by atoms with Gasteiger partial charge in [-0.25, -0.2) is 0 Å².